The van der Waals surface area contributed by atoms with Gasteiger partial charge in [-0.3, -0.25) is 0 Å². The van der Waals surface area contributed by atoms with Gasteiger partial charge in [-0.25, -0.2) is 0 Å². The molecule has 250 valence electrons. The van der Waals surface area contributed by atoms with Crippen molar-refractivity contribution in [2.75, 3.05) is 0 Å². The molecule has 0 aliphatic carbocycles. The van der Waals surface area contributed by atoms with Crippen molar-refractivity contribution in [1.29, 1.82) is 0 Å². The van der Waals surface area contributed by atoms with Crippen LogP contribution in [0.1, 0.15) is 0 Å². The van der Waals surface area contributed by atoms with Crippen LogP contribution in [0.2, 0.25) is 0 Å². The molecular formula is C52H30O2. The molecule has 2 nitrogen and oxygen atoms in total. The van der Waals surface area contributed by atoms with Gasteiger partial charge >= 0.3 is 0 Å². The van der Waals surface area contributed by atoms with E-state index in [0.29, 0.717) is 0 Å². The molecule has 54 heavy (non-hydrogen) atoms. The highest BCUT2D eigenvalue weighted by atomic mass is 16.3. The van der Waals surface area contributed by atoms with Gasteiger partial charge in [0.05, 0.1) is 0 Å². The lowest BCUT2D eigenvalue weighted by Crippen LogP contribution is -1.91. The molecule has 0 aliphatic rings. The summed E-state index contributed by atoms with van der Waals surface area (Å²) in [5.74, 6) is 0. The first-order valence-corrected chi connectivity index (χ1v) is 18.5. The van der Waals surface area contributed by atoms with Crippen molar-refractivity contribution in [3.8, 4) is 33.4 Å². The largest absolute Gasteiger partial charge is 0.456 e. The van der Waals surface area contributed by atoms with Gasteiger partial charge in [0.15, 0.2) is 0 Å². The van der Waals surface area contributed by atoms with E-state index in [4.69, 9.17) is 8.83 Å². The highest BCUT2D eigenvalue weighted by molar-refractivity contribution is 6.24. The summed E-state index contributed by atoms with van der Waals surface area (Å²) in [4.78, 5) is 0. The molecule has 0 amide bonds. The summed E-state index contributed by atoms with van der Waals surface area (Å²) < 4.78 is 13.2. The zero-order valence-corrected chi connectivity index (χ0v) is 29.1. The molecule has 0 saturated heterocycles. The molecule has 0 radical (unpaired) electrons. The molecule has 0 unspecified atom stereocenters. The second kappa shape index (κ2) is 11.2. The lowest BCUT2D eigenvalue weighted by molar-refractivity contribution is 0.669. The van der Waals surface area contributed by atoms with Gasteiger partial charge in [0.2, 0.25) is 0 Å². The molecule has 0 saturated carbocycles. The molecule has 0 aliphatic heterocycles. The third-order valence-corrected chi connectivity index (χ3v) is 11.4. The molecule has 10 aromatic carbocycles. The van der Waals surface area contributed by atoms with Crippen molar-refractivity contribution < 1.29 is 8.83 Å². The second-order valence-corrected chi connectivity index (χ2v) is 14.3. The van der Waals surface area contributed by atoms with Crippen molar-refractivity contribution in [3.63, 3.8) is 0 Å². The van der Waals surface area contributed by atoms with Gasteiger partial charge in [-0.2, -0.15) is 0 Å². The maximum Gasteiger partial charge on any atom is 0.143 e. The smallest absolute Gasteiger partial charge is 0.143 e. The van der Waals surface area contributed by atoms with Gasteiger partial charge in [0, 0.05) is 26.9 Å². The van der Waals surface area contributed by atoms with Crippen LogP contribution in [-0.4, -0.2) is 0 Å². The van der Waals surface area contributed by atoms with Crippen molar-refractivity contribution >= 4 is 87.0 Å². The summed E-state index contributed by atoms with van der Waals surface area (Å²) in [6.07, 6.45) is 0. The van der Waals surface area contributed by atoms with Crippen LogP contribution in [0.25, 0.3) is 120 Å². The minimum Gasteiger partial charge on any atom is -0.456 e. The topological polar surface area (TPSA) is 26.3 Å². The van der Waals surface area contributed by atoms with Gasteiger partial charge in [-0.15, -0.1) is 0 Å². The average molecular weight is 687 g/mol. The van der Waals surface area contributed by atoms with E-state index in [1.54, 1.807) is 0 Å². The third-order valence-electron chi connectivity index (χ3n) is 11.4. The first kappa shape index (κ1) is 29.4. The predicted octanol–water partition coefficient (Wildman–Crippen LogP) is 15.1. The molecular weight excluding hydrogens is 657 g/mol. The molecule has 12 rings (SSSR count). The maximum absolute atomic E-state index is 6.78. The normalized spacial score (nSPS) is 12.1. The summed E-state index contributed by atoms with van der Waals surface area (Å²) in [7, 11) is 0. The van der Waals surface area contributed by atoms with Crippen molar-refractivity contribution in [1.82, 2.24) is 0 Å². The van der Waals surface area contributed by atoms with Crippen LogP contribution in [0, 0.1) is 0 Å². The third kappa shape index (κ3) is 4.17. The van der Waals surface area contributed by atoms with Crippen LogP contribution in [0.3, 0.4) is 0 Å². The fraction of sp³-hybridized carbons (Fsp3) is 0. The number of furan rings is 2. The van der Waals surface area contributed by atoms with E-state index in [1.165, 1.54) is 49.0 Å². The van der Waals surface area contributed by atoms with Gasteiger partial charge in [-0.1, -0.05) is 146 Å². The summed E-state index contributed by atoms with van der Waals surface area (Å²) >= 11 is 0. The van der Waals surface area contributed by atoms with Gasteiger partial charge in [0.25, 0.3) is 0 Å². The Morgan fingerprint density at radius 2 is 0.778 bits per heavy atom. The highest BCUT2D eigenvalue weighted by Crippen LogP contribution is 2.47. The molecule has 2 aromatic heterocycles. The standard InChI is InChI=1S/C52H30O2/c1-2-14-34-31(12-1)13-11-22-39(34)51-42-19-6-4-17-40(42)50(41-18-5-7-20-43(41)51)33-25-27-38-37-26-24-32(28-48(37)53-49(38)29-33)45-30-46-36-16-9-10-23-47(36)54-52(46)44-21-8-3-15-35(44)45/h1-30H. The number of hydrogen-bond donors (Lipinski definition) is 0. The summed E-state index contributed by atoms with van der Waals surface area (Å²) in [6.45, 7) is 0. The first-order valence-electron chi connectivity index (χ1n) is 18.5. The number of fused-ring (bicyclic) bond motifs is 11. The van der Waals surface area contributed by atoms with Crippen molar-refractivity contribution in [2.45, 2.75) is 0 Å². The van der Waals surface area contributed by atoms with E-state index >= 15 is 0 Å². The first-order chi connectivity index (χ1) is 26.8. The van der Waals surface area contributed by atoms with Crippen LogP contribution < -0.4 is 0 Å². The second-order valence-electron chi connectivity index (χ2n) is 14.3. The van der Waals surface area contributed by atoms with Crippen molar-refractivity contribution in [3.05, 3.63) is 182 Å². The zero-order valence-electron chi connectivity index (χ0n) is 29.1. The Morgan fingerprint density at radius 1 is 0.259 bits per heavy atom. The SMILES string of the molecule is c1ccc2c(-c3c4ccccc4c(-c4ccc5c(c4)oc4cc(-c6cc7c8ccccc8oc7c7ccccc67)ccc45)c4ccccc34)cccc2c1. The van der Waals surface area contributed by atoms with Gasteiger partial charge in [0.1, 0.15) is 22.3 Å². The predicted molar refractivity (Wildman–Crippen MR) is 227 cm³/mol. The van der Waals surface area contributed by atoms with Crippen LogP contribution in [0.15, 0.2) is 191 Å². The van der Waals surface area contributed by atoms with E-state index in [9.17, 15) is 0 Å². The van der Waals surface area contributed by atoms with Crippen molar-refractivity contribution in [2.24, 2.45) is 0 Å². The monoisotopic (exact) mass is 686 g/mol. The number of rotatable bonds is 3. The Morgan fingerprint density at radius 3 is 1.50 bits per heavy atom. The molecule has 0 spiro atoms. The Bertz CT molecular complexity index is 3440. The molecule has 0 atom stereocenters. The number of benzene rings is 10. The quantitative estimate of drug-likeness (QED) is 0.173. The Kier molecular flexibility index (Phi) is 6.09. The molecule has 0 N–H and O–H groups in total. The van der Waals surface area contributed by atoms with E-state index in [1.807, 2.05) is 12.1 Å². The molecule has 0 bridgehead atoms. The zero-order chi connectivity index (χ0) is 35.3. The van der Waals surface area contributed by atoms with Crippen LogP contribution >= 0.6 is 0 Å². The number of para-hydroxylation sites is 1. The van der Waals surface area contributed by atoms with E-state index < -0.39 is 0 Å². The minimum absolute atomic E-state index is 0.877. The lowest BCUT2D eigenvalue weighted by Gasteiger charge is -2.18. The van der Waals surface area contributed by atoms with Crippen LogP contribution in [-0.2, 0) is 0 Å². The van der Waals surface area contributed by atoms with Crippen LogP contribution in [0.4, 0.5) is 0 Å². The summed E-state index contributed by atoms with van der Waals surface area (Å²) in [5, 5.41) is 14.2. The summed E-state index contributed by atoms with van der Waals surface area (Å²) in [6, 6.07) is 65.5. The fourth-order valence-electron chi connectivity index (χ4n) is 9.06. The highest BCUT2D eigenvalue weighted by Gasteiger charge is 2.20. The van der Waals surface area contributed by atoms with Gasteiger partial charge < -0.3 is 8.83 Å². The van der Waals surface area contributed by atoms with Crippen LogP contribution in [0.5, 0.6) is 0 Å². The fourth-order valence-corrected chi connectivity index (χ4v) is 9.06. The Balaban J connectivity index is 1.06. The number of hydrogen-bond acceptors (Lipinski definition) is 2. The van der Waals surface area contributed by atoms with Gasteiger partial charge in [-0.05, 0) is 107 Å². The Labute approximate surface area is 310 Å². The average Bonchev–Trinajstić information content (AvgIpc) is 3.80. The Hall–Kier alpha value is -7.16. The molecule has 2 heterocycles. The summed E-state index contributed by atoms with van der Waals surface area (Å²) in [5.41, 5.74) is 10.8. The maximum atomic E-state index is 6.78. The molecule has 2 heteroatoms. The van der Waals surface area contributed by atoms with E-state index in [0.717, 1.165) is 71.3 Å². The molecule has 12 aromatic rings. The lowest BCUT2D eigenvalue weighted by atomic mass is 9.84. The van der Waals surface area contributed by atoms with E-state index in [2.05, 4.69) is 170 Å². The molecule has 0 fully saturated rings. The minimum atomic E-state index is 0.877. The van der Waals surface area contributed by atoms with E-state index in [-0.39, 0.29) is 0 Å².